The molecule has 3 heterocycles. The molecule has 0 saturated heterocycles. The molecule has 2 aliphatic rings. The third-order valence-corrected chi connectivity index (χ3v) is 4.71. The summed E-state index contributed by atoms with van der Waals surface area (Å²) in [5.74, 6) is -1.47. The largest absolute Gasteiger partial charge is 0.275 e. The summed E-state index contributed by atoms with van der Waals surface area (Å²) in [5.41, 5.74) is 2.14. The first kappa shape index (κ1) is 21.0. The molecule has 30 heavy (non-hydrogen) atoms. The number of aryl methyl sites for hydroxylation is 2. The van der Waals surface area contributed by atoms with Gasteiger partial charge in [-0.25, -0.2) is 9.97 Å². The molecule has 0 fully saturated rings. The van der Waals surface area contributed by atoms with Crippen molar-refractivity contribution in [3.05, 3.63) is 59.2 Å². The van der Waals surface area contributed by atoms with Crippen molar-refractivity contribution in [2.24, 2.45) is 0 Å². The Bertz CT molecular complexity index is 938. The number of hydrogen-bond acceptors (Lipinski definition) is 6. The quantitative estimate of drug-likeness (QED) is 0.706. The second kappa shape index (κ2) is 9.21. The lowest BCUT2D eigenvalue weighted by Gasteiger charge is -2.19. The number of imide groups is 2. The fourth-order valence-electron chi connectivity index (χ4n) is 3.05. The summed E-state index contributed by atoms with van der Waals surface area (Å²) in [5, 5.41) is 0. The lowest BCUT2D eigenvalue weighted by atomic mass is 10.2. The van der Waals surface area contributed by atoms with Gasteiger partial charge in [-0.3, -0.25) is 29.0 Å². The van der Waals surface area contributed by atoms with Crippen LogP contribution in [0.4, 0.5) is 0 Å². The Morgan fingerprint density at radius 2 is 1.20 bits per heavy atom. The van der Waals surface area contributed by atoms with E-state index in [2.05, 4.69) is 9.97 Å². The maximum atomic E-state index is 12.2. The fourth-order valence-corrected chi connectivity index (χ4v) is 3.05. The maximum Gasteiger partial charge on any atom is 0.253 e. The van der Waals surface area contributed by atoms with E-state index in [1.165, 1.54) is 46.3 Å². The molecule has 0 spiro atoms. The molecule has 3 rings (SSSR count). The van der Waals surface area contributed by atoms with E-state index >= 15 is 0 Å². The molecule has 8 heteroatoms. The molecule has 1 aromatic rings. The molecule has 154 valence electrons. The molecule has 0 bridgehead atoms. The molecule has 0 N–H and O–H groups in total. The van der Waals surface area contributed by atoms with Crippen LogP contribution in [0.3, 0.4) is 0 Å². The van der Waals surface area contributed by atoms with Crippen molar-refractivity contribution in [2.75, 3.05) is 13.1 Å². The Hall–Kier alpha value is -3.68. The first-order valence-electron chi connectivity index (χ1n) is 9.62. The van der Waals surface area contributed by atoms with Gasteiger partial charge in [0.2, 0.25) is 0 Å². The Morgan fingerprint density at radius 1 is 0.800 bits per heavy atom. The Labute approximate surface area is 174 Å². The highest BCUT2D eigenvalue weighted by molar-refractivity contribution is 6.07. The highest BCUT2D eigenvalue weighted by atomic mass is 16.2. The van der Waals surface area contributed by atoms with Crippen LogP contribution in [0.15, 0.2) is 36.5 Å². The minimum Gasteiger partial charge on any atom is -0.275 e. The summed E-state index contributed by atoms with van der Waals surface area (Å²) >= 11 is 0. The van der Waals surface area contributed by atoms with E-state index in [0.717, 1.165) is 0 Å². The zero-order valence-electron chi connectivity index (χ0n) is 16.9. The van der Waals surface area contributed by atoms with E-state index in [1.54, 1.807) is 26.0 Å². The van der Waals surface area contributed by atoms with Crippen molar-refractivity contribution >= 4 is 35.8 Å². The van der Waals surface area contributed by atoms with Crippen LogP contribution in [0, 0.1) is 13.8 Å². The Morgan fingerprint density at radius 3 is 1.57 bits per heavy atom. The predicted molar refractivity (Wildman–Crippen MR) is 111 cm³/mol. The van der Waals surface area contributed by atoms with Gasteiger partial charge in [0, 0.05) is 25.2 Å². The molecule has 0 atom stereocenters. The summed E-state index contributed by atoms with van der Waals surface area (Å²) in [4.78, 5) is 59.3. The van der Waals surface area contributed by atoms with Crippen molar-refractivity contribution in [3.8, 4) is 0 Å². The van der Waals surface area contributed by atoms with Crippen LogP contribution in [-0.4, -0.2) is 56.5 Å². The van der Waals surface area contributed by atoms with Crippen LogP contribution in [0.1, 0.15) is 35.6 Å². The van der Waals surface area contributed by atoms with Gasteiger partial charge >= 0.3 is 0 Å². The molecule has 0 saturated carbocycles. The summed E-state index contributed by atoms with van der Waals surface area (Å²) in [6.45, 7) is 4.19. The molecule has 2 aliphatic heterocycles. The van der Waals surface area contributed by atoms with Crippen LogP contribution in [-0.2, 0) is 19.2 Å². The average Bonchev–Trinajstić information content (AvgIpc) is 2.73. The number of amides is 4. The van der Waals surface area contributed by atoms with Crippen LogP contribution in [0.2, 0.25) is 0 Å². The monoisotopic (exact) mass is 406 g/mol. The second-order valence-electron chi connectivity index (χ2n) is 6.87. The minimum absolute atomic E-state index is 0.331. The minimum atomic E-state index is -0.405. The zero-order chi connectivity index (χ0) is 21.7. The van der Waals surface area contributed by atoms with E-state index in [9.17, 15) is 19.2 Å². The number of carbonyl (C=O) groups is 4. The van der Waals surface area contributed by atoms with Gasteiger partial charge in [-0.05, 0) is 51.0 Å². The molecular weight excluding hydrogens is 384 g/mol. The lowest BCUT2D eigenvalue weighted by molar-refractivity contribution is -0.140. The molecule has 1 aromatic heterocycles. The summed E-state index contributed by atoms with van der Waals surface area (Å²) in [6, 6.07) is 0. The lowest BCUT2D eigenvalue weighted by Crippen LogP contribution is -2.37. The van der Waals surface area contributed by atoms with Crippen molar-refractivity contribution in [1.29, 1.82) is 0 Å². The van der Waals surface area contributed by atoms with E-state index in [1.807, 2.05) is 0 Å². The van der Waals surface area contributed by atoms with Gasteiger partial charge in [-0.1, -0.05) is 12.2 Å². The van der Waals surface area contributed by atoms with Gasteiger partial charge in [-0.2, -0.15) is 0 Å². The summed E-state index contributed by atoms with van der Waals surface area (Å²) in [7, 11) is 0. The SMILES string of the molecule is Cc1nc(/C=C/C(=O)N2CCC=CC2=O)c(C)nc1/C=C/C(=O)N1CCC=CC1=O. The predicted octanol–water partition coefficient (Wildman–Crippen LogP) is 1.75. The maximum absolute atomic E-state index is 12.2. The first-order chi connectivity index (χ1) is 14.4. The molecule has 8 nitrogen and oxygen atoms in total. The zero-order valence-corrected chi connectivity index (χ0v) is 16.9. The second-order valence-corrected chi connectivity index (χ2v) is 6.87. The molecular formula is C22H22N4O4. The standard InChI is InChI=1S/C22H22N4O4/c1-15-17(9-11-21(29)25-13-5-3-7-19(25)27)24-16(2)18(23-15)10-12-22(30)26-14-6-4-8-20(26)28/h3-4,7-12H,5-6,13-14H2,1-2H3/b11-9+,12-10+. The number of hydrogen-bond donors (Lipinski definition) is 0. The van der Waals surface area contributed by atoms with Crippen LogP contribution >= 0.6 is 0 Å². The number of aromatic nitrogens is 2. The van der Waals surface area contributed by atoms with Crippen molar-refractivity contribution in [1.82, 2.24) is 19.8 Å². The molecule has 0 unspecified atom stereocenters. The van der Waals surface area contributed by atoms with Gasteiger partial charge in [0.05, 0.1) is 22.8 Å². The number of carbonyl (C=O) groups excluding carboxylic acids is 4. The highest BCUT2D eigenvalue weighted by Gasteiger charge is 2.20. The van der Waals surface area contributed by atoms with Gasteiger partial charge in [-0.15, -0.1) is 0 Å². The number of nitrogens with zero attached hydrogens (tertiary/aromatic N) is 4. The van der Waals surface area contributed by atoms with Crippen molar-refractivity contribution < 1.29 is 19.2 Å². The van der Waals surface area contributed by atoms with Crippen LogP contribution in [0.5, 0.6) is 0 Å². The third kappa shape index (κ3) is 4.83. The van der Waals surface area contributed by atoms with Crippen LogP contribution < -0.4 is 0 Å². The Balaban J connectivity index is 1.72. The molecule has 4 amide bonds. The van der Waals surface area contributed by atoms with E-state index in [0.29, 0.717) is 48.7 Å². The van der Waals surface area contributed by atoms with E-state index in [4.69, 9.17) is 0 Å². The number of rotatable bonds is 4. The van der Waals surface area contributed by atoms with Gasteiger partial charge in [0.15, 0.2) is 0 Å². The fraction of sp³-hybridized carbons (Fsp3) is 0.273. The topological polar surface area (TPSA) is 101 Å². The van der Waals surface area contributed by atoms with Gasteiger partial charge < -0.3 is 0 Å². The van der Waals surface area contributed by atoms with Gasteiger partial charge in [0.25, 0.3) is 23.6 Å². The van der Waals surface area contributed by atoms with Crippen molar-refractivity contribution in [2.45, 2.75) is 26.7 Å². The average molecular weight is 406 g/mol. The van der Waals surface area contributed by atoms with E-state index < -0.39 is 11.8 Å². The molecule has 0 aromatic carbocycles. The smallest absolute Gasteiger partial charge is 0.253 e. The first-order valence-corrected chi connectivity index (χ1v) is 9.62. The van der Waals surface area contributed by atoms with E-state index in [-0.39, 0.29) is 11.8 Å². The third-order valence-electron chi connectivity index (χ3n) is 4.71. The van der Waals surface area contributed by atoms with Crippen LogP contribution in [0.25, 0.3) is 12.2 Å². The highest BCUT2D eigenvalue weighted by Crippen LogP contribution is 2.13. The molecule has 0 aliphatic carbocycles. The van der Waals surface area contributed by atoms with Gasteiger partial charge in [0.1, 0.15) is 0 Å². The van der Waals surface area contributed by atoms with Crippen molar-refractivity contribution in [3.63, 3.8) is 0 Å². The Kier molecular flexibility index (Phi) is 6.46. The summed E-state index contributed by atoms with van der Waals surface area (Å²) < 4.78 is 0. The molecule has 0 radical (unpaired) electrons. The normalized spacial score (nSPS) is 16.9. The summed E-state index contributed by atoms with van der Waals surface area (Å²) in [6.07, 6.45) is 13.2.